The van der Waals surface area contributed by atoms with Gasteiger partial charge in [0.15, 0.2) is 11.6 Å². The lowest BCUT2D eigenvalue weighted by molar-refractivity contribution is -0.149. The molecule has 0 spiro atoms. The Kier molecular flexibility index (Phi) is 5.40. The third-order valence-corrected chi connectivity index (χ3v) is 5.85. The van der Waals surface area contributed by atoms with Crippen LogP contribution in [0.2, 0.25) is 5.02 Å². The Hall–Kier alpha value is -3.04. The zero-order chi connectivity index (χ0) is 22.3. The van der Waals surface area contributed by atoms with Crippen LogP contribution in [0.5, 0.6) is 0 Å². The van der Waals surface area contributed by atoms with Gasteiger partial charge >= 0.3 is 0 Å². The molecule has 7 nitrogen and oxygen atoms in total. The highest BCUT2D eigenvalue weighted by molar-refractivity contribution is 6.31. The quantitative estimate of drug-likeness (QED) is 0.492. The smallest absolute Gasteiger partial charge is 0.268 e. The van der Waals surface area contributed by atoms with Gasteiger partial charge in [-0.15, -0.1) is 0 Å². The number of amides is 3. The van der Waals surface area contributed by atoms with E-state index in [9.17, 15) is 28.3 Å². The number of rotatable bonds is 4. The van der Waals surface area contributed by atoms with Gasteiger partial charge in [-0.05, 0) is 47.9 Å². The normalized spacial score (nSPS) is 20.5. The highest BCUT2D eigenvalue weighted by Gasteiger charge is 2.51. The highest BCUT2D eigenvalue weighted by Crippen LogP contribution is 2.33. The van der Waals surface area contributed by atoms with E-state index in [1.165, 1.54) is 4.90 Å². The van der Waals surface area contributed by atoms with Crippen LogP contribution in [0.25, 0.3) is 0 Å². The Bertz CT molecular complexity index is 1110. The fourth-order valence-electron chi connectivity index (χ4n) is 3.72. The fraction of sp³-hybridized carbons (Fsp3) is 0.286. The summed E-state index contributed by atoms with van der Waals surface area (Å²) in [4.78, 5) is 38.3. The SMILES string of the molecule is O=C1CCc2cc(N3CCC(O)(C(=O)NCc4cc(F)c(F)cc4Cl)C3=O)ccc2N1. The first kappa shape index (κ1) is 21.2. The van der Waals surface area contributed by atoms with E-state index >= 15 is 0 Å². The van der Waals surface area contributed by atoms with Crippen LogP contribution >= 0.6 is 11.6 Å². The molecule has 0 aliphatic carbocycles. The molecule has 1 saturated heterocycles. The van der Waals surface area contributed by atoms with Gasteiger partial charge in [-0.25, -0.2) is 8.78 Å². The molecule has 1 unspecified atom stereocenters. The Labute approximate surface area is 181 Å². The van der Waals surface area contributed by atoms with Gasteiger partial charge in [0.25, 0.3) is 11.8 Å². The molecule has 2 aromatic carbocycles. The molecule has 1 atom stereocenters. The van der Waals surface area contributed by atoms with Crippen LogP contribution in [0.15, 0.2) is 30.3 Å². The lowest BCUT2D eigenvalue weighted by atomic mass is 10.0. The van der Waals surface area contributed by atoms with Crippen molar-refractivity contribution in [2.45, 2.75) is 31.4 Å². The maximum absolute atomic E-state index is 13.4. The van der Waals surface area contributed by atoms with E-state index < -0.39 is 29.0 Å². The van der Waals surface area contributed by atoms with Gasteiger partial charge in [0.05, 0.1) is 0 Å². The number of anilines is 2. The number of carbonyl (C=O) groups excluding carboxylic acids is 3. The average Bonchev–Trinajstić information content (AvgIpc) is 3.05. The molecule has 0 aromatic heterocycles. The van der Waals surface area contributed by atoms with Crippen molar-refractivity contribution in [1.82, 2.24) is 5.32 Å². The van der Waals surface area contributed by atoms with Crippen molar-refractivity contribution in [3.8, 4) is 0 Å². The Morgan fingerprint density at radius 3 is 2.71 bits per heavy atom. The van der Waals surface area contributed by atoms with Gasteiger partial charge in [-0.1, -0.05) is 11.6 Å². The molecule has 2 heterocycles. The van der Waals surface area contributed by atoms with Crippen LogP contribution in [0.3, 0.4) is 0 Å². The molecule has 1 fully saturated rings. The lowest BCUT2D eigenvalue weighted by Crippen LogP contribution is -2.52. The monoisotopic (exact) mass is 449 g/mol. The minimum atomic E-state index is -2.30. The topological polar surface area (TPSA) is 98.7 Å². The summed E-state index contributed by atoms with van der Waals surface area (Å²) in [6.45, 7) is -0.178. The number of aliphatic hydroxyl groups is 1. The summed E-state index contributed by atoms with van der Waals surface area (Å²) in [5.74, 6) is -4.07. The van der Waals surface area contributed by atoms with E-state index in [0.29, 0.717) is 24.2 Å². The first-order valence-electron chi connectivity index (χ1n) is 9.58. The van der Waals surface area contributed by atoms with Gasteiger partial charge in [0.1, 0.15) is 0 Å². The molecule has 0 radical (unpaired) electrons. The Balaban J connectivity index is 1.48. The van der Waals surface area contributed by atoms with Crippen LogP contribution < -0.4 is 15.5 Å². The number of halogens is 3. The zero-order valence-corrected chi connectivity index (χ0v) is 16.9. The predicted molar refractivity (Wildman–Crippen MR) is 109 cm³/mol. The summed E-state index contributed by atoms with van der Waals surface area (Å²) >= 11 is 5.86. The number of fused-ring (bicyclic) bond motifs is 1. The molecule has 2 aliphatic rings. The maximum Gasteiger partial charge on any atom is 0.268 e. The molecular weight excluding hydrogens is 432 g/mol. The van der Waals surface area contributed by atoms with Crippen molar-refractivity contribution in [3.63, 3.8) is 0 Å². The van der Waals surface area contributed by atoms with Crippen molar-refractivity contribution in [3.05, 3.63) is 58.1 Å². The number of aryl methyl sites for hydroxylation is 1. The van der Waals surface area contributed by atoms with Crippen molar-refractivity contribution in [2.75, 3.05) is 16.8 Å². The highest BCUT2D eigenvalue weighted by atomic mass is 35.5. The summed E-state index contributed by atoms with van der Waals surface area (Å²) in [6.07, 6.45) is 0.719. The van der Waals surface area contributed by atoms with Gasteiger partial charge in [0, 0.05) is 42.3 Å². The molecule has 31 heavy (non-hydrogen) atoms. The second-order valence-electron chi connectivity index (χ2n) is 7.50. The molecule has 2 aromatic rings. The summed E-state index contributed by atoms with van der Waals surface area (Å²) in [7, 11) is 0. The number of carbonyl (C=O) groups is 3. The van der Waals surface area contributed by atoms with Gasteiger partial charge in [-0.2, -0.15) is 0 Å². The summed E-state index contributed by atoms with van der Waals surface area (Å²) < 4.78 is 26.6. The summed E-state index contributed by atoms with van der Waals surface area (Å²) in [5.41, 5.74) is -0.153. The average molecular weight is 450 g/mol. The molecule has 0 bridgehead atoms. The number of hydrogen-bond acceptors (Lipinski definition) is 4. The van der Waals surface area contributed by atoms with Crippen molar-refractivity contribution < 1.29 is 28.3 Å². The van der Waals surface area contributed by atoms with Crippen molar-refractivity contribution in [2.24, 2.45) is 0 Å². The largest absolute Gasteiger partial charge is 0.372 e. The van der Waals surface area contributed by atoms with Crippen molar-refractivity contribution in [1.29, 1.82) is 0 Å². The molecule has 162 valence electrons. The van der Waals surface area contributed by atoms with E-state index in [0.717, 1.165) is 17.7 Å². The Morgan fingerprint density at radius 2 is 1.94 bits per heavy atom. The first-order valence-corrected chi connectivity index (χ1v) is 9.95. The molecule has 4 rings (SSSR count). The molecule has 3 amide bonds. The summed E-state index contributed by atoms with van der Waals surface area (Å²) in [5, 5.41) is 15.8. The minimum absolute atomic E-state index is 0.0790. The van der Waals surface area contributed by atoms with E-state index in [2.05, 4.69) is 10.6 Å². The molecule has 2 aliphatic heterocycles. The van der Waals surface area contributed by atoms with E-state index in [1.807, 2.05) is 0 Å². The van der Waals surface area contributed by atoms with Crippen LogP contribution in [0.4, 0.5) is 20.2 Å². The number of nitrogens with zero attached hydrogens (tertiary/aromatic N) is 1. The lowest BCUT2D eigenvalue weighted by Gasteiger charge is -2.24. The van der Waals surface area contributed by atoms with Crippen LogP contribution in [0.1, 0.15) is 24.0 Å². The summed E-state index contributed by atoms with van der Waals surface area (Å²) in [6, 6.07) is 6.69. The standard InChI is InChI=1S/C21H18ClF2N3O4/c22-14-9-16(24)15(23)8-12(14)10-25-19(29)21(31)5-6-27(20(21)30)13-2-3-17-11(7-13)1-4-18(28)26-17/h2-3,7-9,31H,1,4-6,10H2,(H,25,29)(H,26,28). The zero-order valence-electron chi connectivity index (χ0n) is 16.2. The number of benzene rings is 2. The minimum Gasteiger partial charge on any atom is -0.372 e. The third-order valence-electron chi connectivity index (χ3n) is 5.50. The molecule has 3 N–H and O–H groups in total. The Morgan fingerprint density at radius 1 is 1.19 bits per heavy atom. The fourth-order valence-corrected chi connectivity index (χ4v) is 3.94. The molecular formula is C21H18ClF2N3O4. The molecule has 0 saturated carbocycles. The van der Waals surface area contributed by atoms with Gasteiger partial charge in [0.2, 0.25) is 11.5 Å². The third kappa shape index (κ3) is 3.86. The van der Waals surface area contributed by atoms with Crippen LogP contribution in [-0.2, 0) is 27.3 Å². The van der Waals surface area contributed by atoms with Gasteiger partial charge < -0.3 is 20.6 Å². The van der Waals surface area contributed by atoms with E-state index in [-0.39, 0.29) is 36.0 Å². The molecule has 10 heteroatoms. The van der Waals surface area contributed by atoms with Crippen LogP contribution in [-0.4, -0.2) is 35.0 Å². The van der Waals surface area contributed by atoms with E-state index in [4.69, 9.17) is 11.6 Å². The first-order chi connectivity index (χ1) is 14.7. The van der Waals surface area contributed by atoms with Crippen LogP contribution in [0, 0.1) is 11.6 Å². The number of nitrogens with one attached hydrogen (secondary N) is 2. The predicted octanol–water partition coefficient (Wildman–Crippen LogP) is 2.29. The van der Waals surface area contributed by atoms with Crippen molar-refractivity contribution >= 4 is 40.7 Å². The number of hydrogen-bond donors (Lipinski definition) is 3. The van der Waals surface area contributed by atoms with E-state index in [1.54, 1.807) is 18.2 Å². The second kappa shape index (κ2) is 7.90. The van der Waals surface area contributed by atoms with Gasteiger partial charge in [-0.3, -0.25) is 14.4 Å². The maximum atomic E-state index is 13.4. The second-order valence-corrected chi connectivity index (χ2v) is 7.90.